The van der Waals surface area contributed by atoms with Gasteiger partial charge in [0.15, 0.2) is 0 Å². The fraction of sp³-hybridized carbons (Fsp3) is 0.222. The van der Waals surface area contributed by atoms with Crippen LogP contribution in [0.15, 0.2) is 54.4 Å². The van der Waals surface area contributed by atoms with Gasteiger partial charge in [0.05, 0.1) is 0 Å². The number of aromatic nitrogens is 1. The van der Waals surface area contributed by atoms with E-state index in [1.807, 2.05) is 19.1 Å². The second-order valence-electron chi connectivity index (χ2n) is 5.05. The normalized spacial score (nSPS) is 12.3. The van der Waals surface area contributed by atoms with Crippen LogP contribution >= 0.6 is 0 Å². The fourth-order valence-electron chi connectivity index (χ4n) is 2.48. The van der Waals surface area contributed by atoms with Crippen molar-refractivity contribution >= 4 is 17.0 Å². The Labute approximate surface area is 121 Å². The molecule has 2 aromatic rings. The number of benzene rings is 1. The van der Waals surface area contributed by atoms with Gasteiger partial charge in [-0.25, -0.2) is 0 Å². The number of fused-ring (bicyclic) bond motifs is 1. The number of nitrogens with one attached hydrogen (secondary N) is 1. The van der Waals surface area contributed by atoms with Gasteiger partial charge in [-0.3, -0.25) is 0 Å². The molecular formula is C18H22N2. The Morgan fingerprint density at radius 1 is 1.30 bits per heavy atom. The van der Waals surface area contributed by atoms with E-state index in [0.29, 0.717) is 0 Å². The van der Waals surface area contributed by atoms with Gasteiger partial charge >= 0.3 is 0 Å². The van der Waals surface area contributed by atoms with Gasteiger partial charge in [0.2, 0.25) is 0 Å². The molecule has 1 aromatic heterocycles. The maximum atomic E-state index is 3.97. The Kier molecular flexibility index (Phi) is 4.14. The third kappa shape index (κ3) is 2.69. The first kappa shape index (κ1) is 14.2. The monoisotopic (exact) mass is 266 g/mol. The van der Waals surface area contributed by atoms with Crippen LogP contribution in [-0.2, 0) is 7.05 Å². The van der Waals surface area contributed by atoms with Crippen molar-refractivity contribution in [1.29, 1.82) is 0 Å². The highest BCUT2D eigenvalue weighted by atomic mass is 14.9. The molecule has 0 unspecified atom stereocenters. The molecular weight excluding hydrogens is 244 g/mol. The largest absolute Gasteiger partial charge is 0.360 e. The minimum absolute atomic E-state index is 0.902. The molecule has 20 heavy (non-hydrogen) atoms. The van der Waals surface area contributed by atoms with Gasteiger partial charge in [-0.1, -0.05) is 30.9 Å². The van der Waals surface area contributed by atoms with Gasteiger partial charge in [-0.2, -0.15) is 0 Å². The SMILES string of the molecule is C=C(/C=C\C)N/C(C)=C/c1c(C)n(C)c2ccccc12. The van der Waals surface area contributed by atoms with Crippen LogP contribution in [0.3, 0.4) is 0 Å². The third-order valence-electron chi connectivity index (χ3n) is 3.53. The Morgan fingerprint density at radius 3 is 2.70 bits per heavy atom. The summed E-state index contributed by atoms with van der Waals surface area (Å²) in [6.07, 6.45) is 6.13. The predicted molar refractivity (Wildman–Crippen MR) is 88.4 cm³/mol. The summed E-state index contributed by atoms with van der Waals surface area (Å²) in [4.78, 5) is 0. The fourth-order valence-corrected chi connectivity index (χ4v) is 2.48. The van der Waals surface area contributed by atoms with Crippen LogP contribution in [0.1, 0.15) is 25.1 Å². The summed E-state index contributed by atoms with van der Waals surface area (Å²) < 4.78 is 2.23. The minimum atomic E-state index is 0.902. The molecule has 0 amide bonds. The van der Waals surface area contributed by atoms with E-state index >= 15 is 0 Å². The smallest absolute Gasteiger partial charge is 0.0486 e. The second kappa shape index (κ2) is 5.83. The van der Waals surface area contributed by atoms with Crippen molar-refractivity contribution in [2.45, 2.75) is 20.8 Å². The second-order valence-corrected chi connectivity index (χ2v) is 5.05. The molecule has 0 saturated heterocycles. The molecule has 0 aliphatic carbocycles. The molecule has 0 aliphatic rings. The van der Waals surface area contributed by atoms with E-state index in [2.05, 4.69) is 67.7 Å². The van der Waals surface area contributed by atoms with Crippen molar-refractivity contribution in [1.82, 2.24) is 9.88 Å². The number of nitrogens with zero attached hydrogens (tertiary/aromatic N) is 1. The van der Waals surface area contributed by atoms with E-state index < -0.39 is 0 Å². The highest BCUT2D eigenvalue weighted by Gasteiger charge is 2.09. The number of rotatable bonds is 4. The molecule has 1 N–H and O–H groups in total. The lowest BCUT2D eigenvalue weighted by molar-refractivity contribution is 0.915. The molecule has 0 atom stereocenters. The van der Waals surface area contributed by atoms with Crippen LogP contribution in [0.5, 0.6) is 0 Å². The maximum Gasteiger partial charge on any atom is 0.0486 e. The molecule has 0 aliphatic heterocycles. The van der Waals surface area contributed by atoms with E-state index in [-0.39, 0.29) is 0 Å². The first-order valence-corrected chi connectivity index (χ1v) is 6.85. The summed E-state index contributed by atoms with van der Waals surface area (Å²) in [6, 6.07) is 8.48. The summed E-state index contributed by atoms with van der Waals surface area (Å²) in [6.45, 7) is 10.2. The Balaban J connectivity index is 2.43. The molecule has 1 aromatic carbocycles. The van der Waals surface area contributed by atoms with Crippen LogP contribution in [-0.4, -0.2) is 4.57 Å². The highest BCUT2D eigenvalue weighted by Crippen LogP contribution is 2.26. The molecule has 0 fully saturated rings. The number of hydrogen-bond donors (Lipinski definition) is 1. The first-order valence-electron chi connectivity index (χ1n) is 6.85. The summed E-state index contributed by atoms with van der Waals surface area (Å²) in [5.41, 5.74) is 5.79. The van der Waals surface area contributed by atoms with Crippen molar-refractivity contribution in [2.24, 2.45) is 7.05 Å². The lowest BCUT2D eigenvalue weighted by atomic mass is 10.1. The molecule has 104 valence electrons. The van der Waals surface area contributed by atoms with Crippen LogP contribution in [0.25, 0.3) is 17.0 Å². The number of allylic oxidation sites excluding steroid dienone is 3. The number of para-hydroxylation sites is 1. The van der Waals surface area contributed by atoms with Crippen molar-refractivity contribution in [3.63, 3.8) is 0 Å². The number of aryl methyl sites for hydroxylation is 1. The standard InChI is InChI=1S/C18H22N2/c1-6-9-13(2)19-14(3)12-17-15(4)20(5)18-11-8-7-10-16(17)18/h6-12,19H,2H2,1,3-5H3/b9-6-,14-12+. The summed E-state index contributed by atoms with van der Waals surface area (Å²) in [5, 5.41) is 4.58. The zero-order valence-electron chi connectivity index (χ0n) is 12.7. The highest BCUT2D eigenvalue weighted by molar-refractivity contribution is 5.91. The van der Waals surface area contributed by atoms with Gasteiger partial charge in [0.25, 0.3) is 0 Å². The molecule has 0 radical (unpaired) electrons. The van der Waals surface area contributed by atoms with Gasteiger partial charge in [-0.05, 0) is 39.0 Å². The third-order valence-corrected chi connectivity index (χ3v) is 3.53. The maximum absolute atomic E-state index is 3.97. The quantitative estimate of drug-likeness (QED) is 0.805. The zero-order valence-corrected chi connectivity index (χ0v) is 12.7. The van der Waals surface area contributed by atoms with Crippen molar-refractivity contribution in [3.8, 4) is 0 Å². The van der Waals surface area contributed by atoms with Crippen molar-refractivity contribution in [3.05, 3.63) is 65.6 Å². The lowest BCUT2D eigenvalue weighted by Crippen LogP contribution is -2.07. The predicted octanol–water partition coefficient (Wildman–Crippen LogP) is 4.53. The molecule has 0 spiro atoms. The molecule has 0 bridgehead atoms. The van der Waals surface area contributed by atoms with Crippen LogP contribution in [0.4, 0.5) is 0 Å². The lowest BCUT2D eigenvalue weighted by Gasteiger charge is -2.06. The van der Waals surface area contributed by atoms with Gasteiger partial charge in [0, 0.05) is 40.6 Å². The summed E-state index contributed by atoms with van der Waals surface area (Å²) in [7, 11) is 2.11. The van der Waals surface area contributed by atoms with E-state index in [1.54, 1.807) is 0 Å². The van der Waals surface area contributed by atoms with Crippen LogP contribution in [0, 0.1) is 6.92 Å². The van der Waals surface area contributed by atoms with E-state index in [4.69, 9.17) is 0 Å². The van der Waals surface area contributed by atoms with Gasteiger partial charge in [0.1, 0.15) is 0 Å². The summed E-state index contributed by atoms with van der Waals surface area (Å²) >= 11 is 0. The minimum Gasteiger partial charge on any atom is -0.360 e. The molecule has 2 rings (SSSR count). The van der Waals surface area contributed by atoms with E-state index in [1.165, 1.54) is 22.2 Å². The Morgan fingerprint density at radius 2 is 2.00 bits per heavy atom. The average Bonchev–Trinajstić information content (AvgIpc) is 2.65. The first-order chi connectivity index (χ1) is 9.54. The van der Waals surface area contributed by atoms with Gasteiger partial charge in [-0.15, -0.1) is 0 Å². The summed E-state index contributed by atoms with van der Waals surface area (Å²) in [5.74, 6) is 0. The Hall–Kier alpha value is -2.22. The average molecular weight is 266 g/mol. The van der Waals surface area contributed by atoms with E-state index in [0.717, 1.165) is 11.4 Å². The molecule has 0 saturated carbocycles. The number of hydrogen-bond acceptors (Lipinski definition) is 1. The van der Waals surface area contributed by atoms with Crippen LogP contribution < -0.4 is 5.32 Å². The topological polar surface area (TPSA) is 17.0 Å². The molecule has 2 nitrogen and oxygen atoms in total. The van der Waals surface area contributed by atoms with Crippen molar-refractivity contribution in [2.75, 3.05) is 0 Å². The van der Waals surface area contributed by atoms with Crippen LogP contribution in [0.2, 0.25) is 0 Å². The van der Waals surface area contributed by atoms with Gasteiger partial charge < -0.3 is 9.88 Å². The molecule has 2 heteroatoms. The van der Waals surface area contributed by atoms with Crippen molar-refractivity contribution < 1.29 is 0 Å². The zero-order chi connectivity index (χ0) is 14.7. The Bertz CT molecular complexity index is 700. The molecule has 1 heterocycles. The van der Waals surface area contributed by atoms with E-state index in [9.17, 15) is 0 Å².